The van der Waals surface area contributed by atoms with E-state index in [9.17, 15) is 4.79 Å². The van der Waals surface area contributed by atoms with Gasteiger partial charge in [0.05, 0.1) is 7.11 Å². The maximum Gasteiger partial charge on any atom is 0.251 e. The van der Waals surface area contributed by atoms with Gasteiger partial charge in [0.25, 0.3) is 5.91 Å². The van der Waals surface area contributed by atoms with Gasteiger partial charge in [-0.25, -0.2) is 0 Å². The van der Waals surface area contributed by atoms with Crippen LogP contribution in [0.2, 0.25) is 0 Å². The molecule has 0 spiro atoms. The summed E-state index contributed by atoms with van der Waals surface area (Å²) < 4.78 is 5.13. The molecule has 0 unspecified atom stereocenters. The maximum atomic E-state index is 12.1. The van der Waals surface area contributed by atoms with Crippen molar-refractivity contribution in [2.75, 3.05) is 32.6 Å². The van der Waals surface area contributed by atoms with Crippen LogP contribution in [-0.4, -0.2) is 33.7 Å². The third kappa shape index (κ3) is 5.02. The van der Waals surface area contributed by atoms with Crippen molar-refractivity contribution >= 4 is 11.6 Å². The van der Waals surface area contributed by atoms with Crippen LogP contribution < -0.4 is 15.0 Å². The van der Waals surface area contributed by atoms with Crippen molar-refractivity contribution in [1.82, 2.24) is 5.32 Å². The number of benzene rings is 2. The van der Waals surface area contributed by atoms with Gasteiger partial charge in [0.1, 0.15) is 5.75 Å². The molecule has 0 saturated carbocycles. The number of carbonyl (C=O) groups is 1. The molecule has 0 heterocycles. The molecule has 0 atom stereocenters. The monoisotopic (exact) mass is 312 g/mol. The predicted octanol–water partition coefficient (Wildman–Crippen LogP) is 3.12. The lowest BCUT2D eigenvalue weighted by Crippen LogP contribution is -2.24. The molecule has 1 amide bonds. The summed E-state index contributed by atoms with van der Waals surface area (Å²) in [6.07, 6.45) is 1.86. The first-order valence-corrected chi connectivity index (χ1v) is 7.78. The lowest BCUT2D eigenvalue weighted by molar-refractivity contribution is 0.0953. The SMILES string of the molecule is COc1cccc(C(=O)NCCCc2ccc(N(C)C)cc2)c1. The van der Waals surface area contributed by atoms with E-state index in [0.29, 0.717) is 17.9 Å². The highest BCUT2D eigenvalue weighted by atomic mass is 16.5. The number of methoxy groups -OCH3 is 1. The number of anilines is 1. The summed E-state index contributed by atoms with van der Waals surface area (Å²) in [4.78, 5) is 14.2. The van der Waals surface area contributed by atoms with Gasteiger partial charge in [0, 0.05) is 31.9 Å². The first kappa shape index (κ1) is 16.9. The minimum absolute atomic E-state index is 0.0631. The summed E-state index contributed by atoms with van der Waals surface area (Å²) in [6, 6.07) is 15.7. The van der Waals surface area contributed by atoms with E-state index < -0.39 is 0 Å². The third-order valence-electron chi connectivity index (χ3n) is 3.71. The number of nitrogens with one attached hydrogen (secondary N) is 1. The molecule has 0 radical (unpaired) electrons. The van der Waals surface area contributed by atoms with Crippen LogP contribution in [0.5, 0.6) is 5.75 Å². The Bertz CT molecular complexity index is 636. The Morgan fingerprint density at radius 1 is 1.13 bits per heavy atom. The first-order chi connectivity index (χ1) is 11.1. The van der Waals surface area contributed by atoms with Crippen molar-refractivity contribution in [3.05, 3.63) is 59.7 Å². The number of rotatable bonds is 7. The Labute approximate surface area is 138 Å². The largest absolute Gasteiger partial charge is 0.497 e. The minimum Gasteiger partial charge on any atom is -0.497 e. The second-order valence-electron chi connectivity index (χ2n) is 5.65. The van der Waals surface area contributed by atoms with Gasteiger partial charge >= 0.3 is 0 Å². The van der Waals surface area contributed by atoms with Gasteiger partial charge in [-0.2, -0.15) is 0 Å². The van der Waals surface area contributed by atoms with Crippen molar-refractivity contribution in [3.63, 3.8) is 0 Å². The first-order valence-electron chi connectivity index (χ1n) is 7.78. The van der Waals surface area contributed by atoms with Crippen LogP contribution in [0.1, 0.15) is 22.3 Å². The van der Waals surface area contributed by atoms with Crippen LogP contribution in [0, 0.1) is 0 Å². The molecule has 0 aliphatic heterocycles. The van der Waals surface area contributed by atoms with Crippen LogP contribution in [0.4, 0.5) is 5.69 Å². The molecule has 122 valence electrons. The highest BCUT2D eigenvalue weighted by molar-refractivity contribution is 5.94. The van der Waals surface area contributed by atoms with E-state index in [1.54, 1.807) is 19.2 Å². The number of aryl methyl sites for hydroxylation is 1. The summed E-state index contributed by atoms with van der Waals surface area (Å²) in [5.41, 5.74) is 3.10. The average Bonchev–Trinajstić information content (AvgIpc) is 2.59. The molecule has 0 aromatic heterocycles. The van der Waals surface area contributed by atoms with E-state index in [2.05, 4.69) is 34.5 Å². The molecule has 0 aliphatic carbocycles. The standard InChI is InChI=1S/C19H24N2O2/c1-21(2)17-11-9-15(10-12-17)6-5-13-20-19(22)16-7-4-8-18(14-16)23-3/h4,7-12,14H,5-6,13H2,1-3H3,(H,20,22). The quantitative estimate of drug-likeness (QED) is 0.799. The van der Waals surface area contributed by atoms with E-state index in [1.807, 2.05) is 26.2 Å². The second-order valence-corrected chi connectivity index (χ2v) is 5.65. The number of ether oxygens (including phenoxy) is 1. The maximum absolute atomic E-state index is 12.1. The number of carbonyl (C=O) groups excluding carboxylic acids is 1. The molecule has 0 bridgehead atoms. The van der Waals surface area contributed by atoms with E-state index in [4.69, 9.17) is 4.74 Å². The lowest BCUT2D eigenvalue weighted by atomic mass is 10.1. The van der Waals surface area contributed by atoms with Crippen LogP contribution >= 0.6 is 0 Å². The van der Waals surface area contributed by atoms with Crippen LogP contribution in [0.3, 0.4) is 0 Å². The Morgan fingerprint density at radius 2 is 1.87 bits per heavy atom. The third-order valence-corrected chi connectivity index (χ3v) is 3.71. The molecule has 0 saturated heterocycles. The summed E-state index contributed by atoms with van der Waals surface area (Å²) in [6.45, 7) is 0.658. The van der Waals surface area contributed by atoms with E-state index in [0.717, 1.165) is 12.8 Å². The molecule has 23 heavy (non-hydrogen) atoms. The van der Waals surface area contributed by atoms with Gasteiger partial charge in [-0.1, -0.05) is 18.2 Å². The Kier molecular flexibility index (Phi) is 6.03. The fraction of sp³-hybridized carbons (Fsp3) is 0.316. The Hall–Kier alpha value is -2.49. The zero-order valence-corrected chi connectivity index (χ0v) is 14.0. The fourth-order valence-electron chi connectivity index (χ4n) is 2.32. The van der Waals surface area contributed by atoms with Crippen molar-refractivity contribution in [3.8, 4) is 5.75 Å². The summed E-state index contributed by atoms with van der Waals surface area (Å²) >= 11 is 0. The molecule has 0 aliphatic rings. The number of hydrogen-bond donors (Lipinski definition) is 1. The highest BCUT2D eigenvalue weighted by Crippen LogP contribution is 2.14. The Morgan fingerprint density at radius 3 is 2.52 bits per heavy atom. The smallest absolute Gasteiger partial charge is 0.251 e. The van der Waals surface area contributed by atoms with Gasteiger partial charge in [-0.3, -0.25) is 4.79 Å². The molecule has 2 aromatic carbocycles. The van der Waals surface area contributed by atoms with Gasteiger partial charge in [-0.15, -0.1) is 0 Å². The Balaban J connectivity index is 1.77. The summed E-state index contributed by atoms with van der Waals surface area (Å²) in [5, 5.41) is 2.95. The van der Waals surface area contributed by atoms with Crippen LogP contribution in [0.25, 0.3) is 0 Å². The van der Waals surface area contributed by atoms with E-state index >= 15 is 0 Å². The molecular weight excluding hydrogens is 288 g/mol. The molecule has 4 heteroatoms. The molecule has 4 nitrogen and oxygen atoms in total. The number of hydrogen-bond acceptors (Lipinski definition) is 3. The fourth-order valence-corrected chi connectivity index (χ4v) is 2.32. The van der Waals surface area contributed by atoms with Crippen molar-refractivity contribution in [2.45, 2.75) is 12.8 Å². The zero-order chi connectivity index (χ0) is 16.7. The van der Waals surface area contributed by atoms with Gasteiger partial charge < -0.3 is 15.0 Å². The van der Waals surface area contributed by atoms with Crippen molar-refractivity contribution < 1.29 is 9.53 Å². The normalized spacial score (nSPS) is 10.2. The van der Waals surface area contributed by atoms with Crippen molar-refractivity contribution in [1.29, 1.82) is 0 Å². The van der Waals surface area contributed by atoms with Gasteiger partial charge in [0.2, 0.25) is 0 Å². The minimum atomic E-state index is -0.0631. The van der Waals surface area contributed by atoms with E-state index in [1.165, 1.54) is 11.3 Å². The van der Waals surface area contributed by atoms with E-state index in [-0.39, 0.29) is 5.91 Å². The lowest BCUT2D eigenvalue weighted by Gasteiger charge is -2.12. The number of amides is 1. The zero-order valence-electron chi connectivity index (χ0n) is 14.0. The summed E-state index contributed by atoms with van der Waals surface area (Å²) in [7, 11) is 5.66. The topological polar surface area (TPSA) is 41.6 Å². The van der Waals surface area contributed by atoms with Gasteiger partial charge in [-0.05, 0) is 48.7 Å². The molecule has 2 aromatic rings. The second kappa shape index (κ2) is 8.22. The number of nitrogens with zero attached hydrogens (tertiary/aromatic N) is 1. The van der Waals surface area contributed by atoms with Gasteiger partial charge in [0.15, 0.2) is 0 Å². The predicted molar refractivity (Wildman–Crippen MR) is 94.4 cm³/mol. The molecular formula is C19H24N2O2. The molecule has 2 rings (SSSR count). The molecule has 0 fully saturated rings. The van der Waals surface area contributed by atoms with Crippen LogP contribution in [-0.2, 0) is 6.42 Å². The summed E-state index contributed by atoms with van der Waals surface area (Å²) in [5.74, 6) is 0.630. The average molecular weight is 312 g/mol. The highest BCUT2D eigenvalue weighted by Gasteiger charge is 2.05. The van der Waals surface area contributed by atoms with Crippen LogP contribution in [0.15, 0.2) is 48.5 Å². The van der Waals surface area contributed by atoms with Crippen molar-refractivity contribution in [2.24, 2.45) is 0 Å². The molecule has 1 N–H and O–H groups in total.